The fourth-order valence-electron chi connectivity index (χ4n) is 3.42. The molecule has 26 heavy (non-hydrogen) atoms. The maximum absolute atomic E-state index is 13.0. The molecule has 0 aliphatic carbocycles. The van der Waals surface area contributed by atoms with Crippen LogP contribution < -0.4 is 10.2 Å². The van der Waals surface area contributed by atoms with E-state index in [2.05, 4.69) is 18.7 Å². The highest BCUT2D eigenvalue weighted by molar-refractivity contribution is 6.30. The Hall–Kier alpha value is -2.30. The van der Waals surface area contributed by atoms with E-state index in [0.717, 1.165) is 23.4 Å². The van der Waals surface area contributed by atoms with Gasteiger partial charge in [0.1, 0.15) is 24.3 Å². The topological polar surface area (TPSA) is 42.7 Å². The minimum atomic E-state index is -0.0441. The van der Waals surface area contributed by atoms with Gasteiger partial charge in [-0.3, -0.25) is 9.69 Å². The molecule has 0 spiro atoms. The van der Waals surface area contributed by atoms with Crippen molar-refractivity contribution in [2.24, 2.45) is 5.92 Å². The minimum Gasteiger partial charge on any atom is -0.478 e. The summed E-state index contributed by atoms with van der Waals surface area (Å²) in [5.74, 6) is 1.33. The second kappa shape index (κ2) is 6.78. The van der Waals surface area contributed by atoms with Gasteiger partial charge < -0.3 is 9.15 Å². The maximum atomic E-state index is 13.0. The van der Waals surface area contributed by atoms with Gasteiger partial charge in [-0.2, -0.15) is 0 Å². The first kappa shape index (κ1) is 17.1. The van der Waals surface area contributed by atoms with Gasteiger partial charge in [-0.1, -0.05) is 37.6 Å². The fourth-order valence-corrected chi connectivity index (χ4v) is 3.54. The largest absolute Gasteiger partial charge is 0.478 e. The lowest BCUT2D eigenvalue weighted by molar-refractivity contribution is 0.0848. The van der Waals surface area contributed by atoms with Crippen molar-refractivity contribution in [3.8, 4) is 16.9 Å². The van der Waals surface area contributed by atoms with Gasteiger partial charge >= 0.3 is 0 Å². The number of halogens is 1. The third-order valence-electron chi connectivity index (χ3n) is 4.56. The van der Waals surface area contributed by atoms with E-state index >= 15 is 0 Å². The van der Waals surface area contributed by atoms with Crippen molar-refractivity contribution < 1.29 is 9.15 Å². The van der Waals surface area contributed by atoms with Crippen LogP contribution in [0.25, 0.3) is 22.1 Å². The molecule has 0 amide bonds. The van der Waals surface area contributed by atoms with Crippen LogP contribution in [0.4, 0.5) is 0 Å². The molecule has 2 heterocycles. The average Bonchev–Trinajstić information content (AvgIpc) is 2.62. The Bertz CT molecular complexity index is 1010. The lowest BCUT2D eigenvalue weighted by Gasteiger charge is -2.30. The minimum absolute atomic E-state index is 0.0441. The van der Waals surface area contributed by atoms with Gasteiger partial charge in [-0.25, -0.2) is 0 Å². The first-order valence-electron chi connectivity index (χ1n) is 8.71. The molecule has 2 aromatic carbocycles. The second-order valence-corrected chi connectivity index (χ2v) is 7.52. The Labute approximate surface area is 156 Å². The molecule has 0 unspecified atom stereocenters. The summed E-state index contributed by atoms with van der Waals surface area (Å²) >= 11 is 5.94. The highest BCUT2D eigenvalue weighted by Gasteiger charge is 2.23. The number of hydrogen-bond acceptors (Lipinski definition) is 4. The van der Waals surface area contributed by atoms with E-state index < -0.39 is 0 Å². The molecule has 0 fully saturated rings. The van der Waals surface area contributed by atoms with Gasteiger partial charge in [0.25, 0.3) is 0 Å². The summed E-state index contributed by atoms with van der Waals surface area (Å²) in [6, 6.07) is 10.8. The first-order chi connectivity index (χ1) is 12.5. The molecule has 0 N–H and O–H groups in total. The van der Waals surface area contributed by atoms with Crippen molar-refractivity contribution in [2.45, 2.75) is 20.4 Å². The van der Waals surface area contributed by atoms with Gasteiger partial charge in [0.05, 0.1) is 16.5 Å². The first-order valence-corrected chi connectivity index (χ1v) is 9.09. The van der Waals surface area contributed by atoms with E-state index in [0.29, 0.717) is 40.7 Å². The smallest absolute Gasteiger partial charge is 0.200 e. The molecule has 4 rings (SSSR count). The summed E-state index contributed by atoms with van der Waals surface area (Å²) in [5, 5.41) is 1.21. The summed E-state index contributed by atoms with van der Waals surface area (Å²) in [5.41, 5.74) is 2.83. The highest BCUT2D eigenvalue weighted by atomic mass is 35.5. The molecule has 4 nitrogen and oxygen atoms in total. The molecular weight excluding hydrogens is 350 g/mol. The molecule has 1 aliphatic rings. The van der Waals surface area contributed by atoms with Crippen LogP contribution in [0.3, 0.4) is 0 Å². The predicted molar refractivity (Wildman–Crippen MR) is 104 cm³/mol. The number of nitrogens with zero attached hydrogens (tertiary/aromatic N) is 1. The fraction of sp³-hybridized carbons (Fsp3) is 0.286. The number of rotatable bonds is 3. The van der Waals surface area contributed by atoms with Crippen LogP contribution in [-0.4, -0.2) is 18.2 Å². The third-order valence-corrected chi connectivity index (χ3v) is 4.82. The molecule has 1 aliphatic heterocycles. The van der Waals surface area contributed by atoms with Gasteiger partial charge in [0.2, 0.25) is 5.43 Å². The van der Waals surface area contributed by atoms with Crippen LogP contribution in [0, 0.1) is 5.92 Å². The molecule has 0 saturated carbocycles. The van der Waals surface area contributed by atoms with Gasteiger partial charge in [-0.15, -0.1) is 0 Å². The molecule has 0 saturated heterocycles. The van der Waals surface area contributed by atoms with Crippen LogP contribution in [0.1, 0.15) is 19.4 Å². The van der Waals surface area contributed by atoms with Crippen LogP contribution in [0.2, 0.25) is 5.02 Å². The van der Waals surface area contributed by atoms with Crippen molar-refractivity contribution in [3.05, 3.63) is 63.5 Å². The molecule has 1 aromatic heterocycles. The van der Waals surface area contributed by atoms with Gasteiger partial charge in [-0.05, 0) is 35.7 Å². The van der Waals surface area contributed by atoms with E-state index in [4.69, 9.17) is 20.8 Å². The van der Waals surface area contributed by atoms with Crippen LogP contribution in [-0.2, 0) is 6.54 Å². The number of benzene rings is 2. The summed E-state index contributed by atoms with van der Waals surface area (Å²) in [6.45, 7) is 6.56. The monoisotopic (exact) mass is 369 g/mol. The lowest BCUT2D eigenvalue weighted by atomic mass is 10.0. The van der Waals surface area contributed by atoms with Crippen molar-refractivity contribution in [1.82, 2.24) is 4.90 Å². The summed E-state index contributed by atoms with van der Waals surface area (Å²) in [4.78, 5) is 15.2. The summed E-state index contributed by atoms with van der Waals surface area (Å²) in [6.07, 6.45) is 1.54. The van der Waals surface area contributed by atoms with Gasteiger partial charge in [0, 0.05) is 18.1 Å². The summed E-state index contributed by atoms with van der Waals surface area (Å²) in [7, 11) is 0. The Morgan fingerprint density at radius 1 is 1.15 bits per heavy atom. The van der Waals surface area contributed by atoms with Gasteiger partial charge in [0.15, 0.2) is 0 Å². The Balaban J connectivity index is 1.80. The highest BCUT2D eigenvalue weighted by Crippen LogP contribution is 2.32. The summed E-state index contributed by atoms with van der Waals surface area (Å²) < 4.78 is 11.8. The number of hydrogen-bond donors (Lipinski definition) is 0. The Morgan fingerprint density at radius 3 is 2.65 bits per heavy atom. The molecular formula is C21H20ClNO3. The molecule has 134 valence electrons. The van der Waals surface area contributed by atoms with Crippen molar-refractivity contribution >= 4 is 22.6 Å². The normalized spacial score (nSPS) is 14.5. The van der Waals surface area contributed by atoms with E-state index in [9.17, 15) is 4.79 Å². The SMILES string of the molecule is CC(C)CN1COc2ccc3c(=O)c(-c4ccc(Cl)cc4)coc3c2C1. The van der Waals surface area contributed by atoms with Crippen molar-refractivity contribution in [1.29, 1.82) is 0 Å². The third kappa shape index (κ3) is 3.11. The Morgan fingerprint density at radius 2 is 1.92 bits per heavy atom. The molecule has 5 heteroatoms. The standard InChI is InChI=1S/C21H20ClNO3/c1-13(2)9-23-10-17-19(26-12-23)8-7-16-20(24)18(11-25-21(16)17)14-3-5-15(22)6-4-14/h3-8,11,13H,9-10,12H2,1-2H3. The number of fused-ring (bicyclic) bond motifs is 3. The zero-order valence-electron chi connectivity index (χ0n) is 14.8. The van der Waals surface area contributed by atoms with Crippen LogP contribution >= 0.6 is 11.6 Å². The number of ether oxygens (including phenoxy) is 1. The molecule has 0 bridgehead atoms. The maximum Gasteiger partial charge on any atom is 0.200 e. The van der Waals surface area contributed by atoms with E-state index in [1.54, 1.807) is 18.2 Å². The zero-order valence-corrected chi connectivity index (χ0v) is 15.5. The molecule has 3 aromatic rings. The Kier molecular flexibility index (Phi) is 4.47. The average molecular weight is 370 g/mol. The van der Waals surface area contributed by atoms with E-state index in [1.807, 2.05) is 18.2 Å². The van der Waals surface area contributed by atoms with E-state index in [-0.39, 0.29) is 5.43 Å². The van der Waals surface area contributed by atoms with Crippen LogP contribution in [0.15, 0.2) is 51.9 Å². The van der Waals surface area contributed by atoms with Crippen LogP contribution in [0.5, 0.6) is 5.75 Å². The predicted octanol–water partition coefficient (Wildman–Crippen LogP) is 4.92. The molecule has 0 atom stereocenters. The van der Waals surface area contributed by atoms with Crippen molar-refractivity contribution in [2.75, 3.05) is 13.3 Å². The van der Waals surface area contributed by atoms with E-state index in [1.165, 1.54) is 6.26 Å². The zero-order chi connectivity index (χ0) is 18.3. The lowest BCUT2D eigenvalue weighted by Crippen LogP contribution is -2.34. The quantitative estimate of drug-likeness (QED) is 0.657. The van der Waals surface area contributed by atoms with Crippen molar-refractivity contribution in [3.63, 3.8) is 0 Å². The molecule has 0 radical (unpaired) electrons. The second-order valence-electron chi connectivity index (χ2n) is 7.08.